The molecule has 0 spiro atoms. The molecule has 2 aliphatic rings. The lowest BCUT2D eigenvalue weighted by Crippen LogP contribution is -2.39. The number of benzene rings is 3. The van der Waals surface area contributed by atoms with Crippen molar-refractivity contribution in [2.75, 3.05) is 25.2 Å². The van der Waals surface area contributed by atoms with Crippen molar-refractivity contribution in [1.29, 1.82) is 0 Å². The van der Waals surface area contributed by atoms with Crippen LogP contribution >= 0.6 is 11.6 Å². The number of carbonyl (C=O) groups excluding carboxylic acids is 2. The Morgan fingerprint density at radius 2 is 1.74 bits per heavy atom. The van der Waals surface area contributed by atoms with Gasteiger partial charge in [0.05, 0.1) is 41.9 Å². The zero-order valence-electron chi connectivity index (χ0n) is 23.3. The number of aliphatic hydroxyl groups excluding tert-OH is 2. The van der Waals surface area contributed by atoms with E-state index < -0.39 is 23.9 Å². The number of methoxy groups -OCH3 is 1. The van der Waals surface area contributed by atoms with Crippen molar-refractivity contribution >= 4 is 40.8 Å². The van der Waals surface area contributed by atoms with Gasteiger partial charge in [0.25, 0.3) is 0 Å². The number of anilines is 1. The van der Waals surface area contributed by atoms with Gasteiger partial charge in [-0.05, 0) is 83.5 Å². The number of hydrogen-bond donors (Lipinski definition) is 3. The molecule has 0 aromatic heterocycles. The van der Waals surface area contributed by atoms with E-state index in [1.54, 1.807) is 43.5 Å². The predicted molar refractivity (Wildman–Crippen MR) is 163 cm³/mol. The summed E-state index contributed by atoms with van der Waals surface area (Å²) in [5, 5.41) is 32.4. The Morgan fingerprint density at radius 3 is 2.38 bits per heavy atom. The predicted octanol–water partition coefficient (Wildman–Crippen LogP) is 5.49. The van der Waals surface area contributed by atoms with Crippen LogP contribution in [0.25, 0.3) is 11.6 Å². The molecule has 42 heavy (non-hydrogen) atoms. The Bertz CT molecular complexity index is 1500. The van der Waals surface area contributed by atoms with Crippen molar-refractivity contribution < 1.29 is 29.6 Å². The Hall–Kier alpha value is -3.75. The molecule has 0 saturated carbocycles. The van der Waals surface area contributed by atoms with Crippen molar-refractivity contribution in [2.24, 2.45) is 17.8 Å². The number of phenolic OH excluding ortho intramolecular Hbond substituents is 1. The van der Waals surface area contributed by atoms with Crippen molar-refractivity contribution in [3.8, 4) is 5.75 Å². The number of rotatable bonds is 10. The first-order valence-corrected chi connectivity index (χ1v) is 14.4. The molecule has 2 amide bonds. The molecule has 0 radical (unpaired) electrons. The number of para-hydroxylation sites is 1. The minimum atomic E-state index is -0.982. The number of halogens is 1. The molecule has 218 valence electrons. The van der Waals surface area contributed by atoms with Gasteiger partial charge in [0.2, 0.25) is 11.8 Å². The van der Waals surface area contributed by atoms with E-state index in [1.165, 1.54) is 11.0 Å². The molecule has 0 bridgehead atoms. The van der Waals surface area contributed by atoms with Crippen LogP contribution in [0.1, 0.15) is 30.4 Å². The number of allylic oxidation sites excluding steroid dienone is 1. The second kappa shape index (κ2) is 13.0. The van der Waals surface area contributed by atoms with Crippen molar-refractivity contribution in [3.63, 3.8) is 0 Å². The fourth-order valence-corrected chi connectivity index (χ4v) is 6.55. The van der Waals surface area contributed by atoms with Gasteiger partial charge in [-0.25, -0.2) is 0 Å². The van der Waals surface area contributed by atoms with E-state index in [-0.39, 0.29) is 37.2 Å². The number of carbonyl (C=O) groups is 2. The third-order valence-corrected chi connectivity index (χ3v) is 8.55. The summed E-state index contributed by atoms with van der Waals surface area (Å²) >= 11 is 6.40. The van der Waals surface area contributed by atoms with Gasteiger partial charge in [-0.15, -0.1) is 0 Å². The van der Waals surface area contributed by atoms with E-state index >= 15 is 0 Å². The monoisotopic (exact) mass is 587 g/mol. The highest BCUT2D eigenvalue weighted by Gasteiger charge is 2.55. The standard InChI is InChI=1S/C34H34ClNO6/c1-42-20-24-17-27-32(34(41)36(33(27)40)25-10-6-3-7-11-25)28(19-37)31(24)30(39)15-13-22(21-8-4-2-5-9-21)16-23-12-14-26(38)18-29(23)35/h2-12,14,16,18,27-28,30,32,37-39H,13,15,17,19-20H2,1H3/b22-16-/t27-,28+,30-,32-/m1/s1. The molecule has 1 heterocycles. The summed E-state index contributed by atoms with van der Waals surface area (Å²) in [6.45, 7) is -0.198. The minimum Gasteiger partial charge on any atom is -0.508 e. The van der Waals surface area contributed by atoms with Crippen molar-refractivity contribution in [3.05, 3.63) is 106 Å². The molecule has 3 aromatic rings. The number of amides is 2. The number of hydrogen-bond acceptors (Lipinski definition) is 6. The number of ether oxygens (including phenoxy) is 1. The second-order valence-corrected chi connectivity index (χ2v) is 11.2. The summed E-state index contributed by atoms with van der Waals surface area (Å²) in [6.07, 6.45) is 1.99. The van der Waals surface area contributed by atoms with Crippen LogP contribution in [0.5, 0.6) is 5.75 Å². The van der Waals surface area contributed by atoms with Gasteiger partial charge in [-0.1, -0.05) is 60.1 Å². The number of nitrogens with zero attached hydrogens (tertiary/aromatic N) is 1. The Morgan fingerprint density at radius 1 is 1.05 bits per heavy atom. The number of imide groups is 1. The van der Waals surface area contributed by atoms with E-state index in [9.17, 15) is 24.9 Å². The summed E-state index contributed by atoms with van der Waals surface area (Å²) < 4.78 is 5.47. The molecular formula is C34H34ClNO6. The average Bonchev–Trinajstić information content (AvgIpc) is 3.25. The zero-order chi connectivity index (χ0) is 29.8. The minimum absolute atomic E-state index is 0.0721. The molecule has 8 heteroatoms. The molecule has 7 nitrogen and oxygen atoms in total. The maximum absolute atomic E-state index is 13.7. The number of phenols is 1. The summed E-state index contributed by atoms with van der Waals surface area (Å²) in [5.41, 5.74) is 4.43. The number of aromatic hydroxyl groups is 1. The van der Waals surface area contributed by atoms with Gasteiger partial charge in [0, 0.05) is 13.0 Å². The topological polar surface area (TPSA) is 107 Å². The summed E-state index contributed by atoms with van der Waals surface area (Å²) in [7, 11) is 1.55. The van der Waals surface area contributed by atoms with Crippen LogP contribution in [-0.2, 0) is 14.3 Å². The highest BCUT2D eigenvalue weighted by Crippen LogP contribution is 2.47. The number of fused-ring (bicyclic) bond motifs is 1. The molecule has 4 atom stereocenters. The van der Waals surface area contributed by atoms with Crippen LogP contribution in [0.3, 0.4) is 0 Å². The van der Waals surface area contributed by atoms with Crippen LogP contribution < -0.4 is 4.90 Å². The van der Waals surface area contributed by atoms with E-state index in [4.69, 9.17) is 16.3 Å². The third kappa shape index (κ3) is 5.92. The van der Waals surface area contributed by atoms with E-state index in [0.29, 0.717) is 29.1 Å². The smallest absolute Gasteiger partial charge is 0.238 e. The summed E-state index contributed by atoms with van der Waals surface area (Å²) in [6, 6.07) is 23.3. The molecule has 1 aliphatic heterocycles. The first kappa shape index (κ1) is 29.7. The molecule has 3 N–H and O–H groups in total. The van der Waals surface area contributed by atoms with Crippen LogP contribution in [0.2, 0.25) is 5.02 Å². The highest BCUT2D eigenvalue weighted by atomic mass is 35.5. The van der Waals surface area contributed by atoms with Crippen molar-refractivity contribution in [1.82, 2.24) is 0 Å². The fraction of sp³-hybridized carbons (Fsp3) is 0.294. The summed E-state index contributed by atoms with van der Waals surface area (Å²) in [4.78, 5) is 28.4. The lowest BCUT2D eigenvalue weighted by Gasteiger charge is -2.36. The summed E-state index contributed by atoms with van der Waals surface area (Å²) in [5.74, 6) is -2.70. The van der Waals surface area contributed by atoms with Crippen molar-refractivity contribution in [2.45, 2.75) is 25.4 Å². The van der Waals surface area contributed by atoms with E-state index in [1.807, 2.05) is 42.5 Å². The first-order valence-electron chi connectivity index (χ1n) is 14.0. The Kier molecular flexibility index (Phi) is 9.24. The van der Waals surface area contributed by atoms with Crippen LogP contribution in [0, 0.1) is 17.8 Å². The lowest BCUT2D eigenvalue weighted by molar-refractivity contribution is -0.123. The third-order valence-electron chi connectivity index (χ3n) is 8.22. The normalized spacial score (nSPS) is 21.6. The quantitative estimate of drug-likeness (QED) is 0.165. The molecular weight excluding hydrogens is 554 g/mol. The van der Waals surface area contributed by atoms with E-state index in [0.717, 1.165) is 22.3 Å². The van der Waals surface area contributed by atoms with Gasteiger partial charge in [-0.3, -0.25) is 14.5 Å². The maximum atomic E-state index is 13.7. The zero-order valence-corrected chi connectivity index (χ0v) is 24.1. The molecule has 5 rings (SSSR count). The average molecular weight is 588 g/mol. The molecule has 0 unspecified atom stereocenters. The second-order valence-electron chi connectivity index (χ2n) is 10.8. The first-order chi connectivity index (χ1) is 20.3. The van der Waals surface area contributed by atoms with Gasteiger partial charge in [0.15, 0.2) is 0 Å². The maximum Gasteiger partial charge on any atom is 0.238 e. The van der Waals surface area contributed by atoms with E-state index in [2.05, 4.69) is 0 Å². The lowest BCUT2D eigenvalue weighted by atomic mass is 9.68. The largest absolute Gasteiger partial charge is 0.508 e. The Labute approximate surface area is 250 Å². The van der Waals surface area contributed by atoms with Gasteiger partial charge in [0.1, 0.15) is 5.75 Å². The molecule has 1 saturated heterocycles. The van der Waals surface area contributed by atoms with Crippen LogP contribution in [-0.4, -0.2) is 53.6 Å². The molecule has 3 aromatic carbocycles. The van der Waals surface area contributed by atoms with Gasteiger partial charge < -0.3 is 20.1 Å². The van der Waals surface area contributed by atoms with Gasteiger partial charge >= 0.3 is 0 Å². The van der Waals surface area contributed by atoms with Gasteiger partial charge in [-0.2, -0.15) is 0 Å². The van der Waals surface area contributed by atoms with Crippen LogP contribution in [0.15, 0.2) is 90.0 Å². The molecule has 1 fully saturated rings. The SMILES string of the molecule is COCC1=C([C@H](O)CC/C(=C/c2ccc(O)cc2Cl)c2ccccc2)[C@H](CO)[C@@H]2C(=O)N(c3ccccc3)C(=O)[C@@H]2C1. The fourth-order valence-electron chi connectivity index (χ4n) is 6.32. The highest BCUT2D eigenvalue weighted by molar-refractivity contribution is 6.32. The molecule has 1 aliphatic carbocycles. The number of aliphatic hydroxyl groups is 2. The van der Waals surface area contributed by atoms with Crippen LogP contribution in [0.4, 0.5) is 5.69 Å². The Balaban J connectivity index is 1.45.